The molecular weight excluding hydrogens is 377 g/mol. The minimum atomic E-state index is -1.57. The quantitative estimate of drug-likeness (QED) is 0.738. The number of hydrogen-bond donors (Lipinski definition) is 1. The van der Waals surface area contributed by atoms with Crippen molar-refractivity contribution >= 4 is 17.6 Å². The van der Waals surface area contributed by atoms with Crippen LogP contribution >= 0.6 is 11.6 Å². The fraction of sp³-hybridized carbons (Fsp3) is 0.111. The molecule has 0 aliphatic heterocycles. The zero-order chi connectivity index (χ0) is 19.7. The van der Waals surface area contributed by atoms with Crippen molar-refractivity contribution < 1.29 is 14.3 Å². The van der Waals surface area contributed by atoms with Gasteiger partial charge in [0, 0.05) is 5.02 Å². The molecule has 7 nitrogen and oxygen atoms in total. The van der Waals surface area contributed by atoms with E-state index in [2.05, 4.69) is 5.10 Å². The summed E-state index contributed by atoms with van der Waals surface area (Å²) in [6.07, 6.45) is 0. The van der Waals surface area contributed by atoms with Gasteiger partial charge in [-0.2, -0.15) is 9.78 Å². The zero-order valence-electron chi connectivity index (χ0n) is 14.0. The first kappa shape index (κ1) is 18.5. The number of benzene rings is 2. The predicted octanol–water partition coefficient (Wildman–Crippen LogP) is 2.24. The van der Waals surface area contributed by atoms with Gasteiger partial charge < -0.3 is 5.11 Å². The highest BCUT2D eigenvalue weighted by atomic mass is 35.5. The Morgan fingerprint density at radius 1 is 1.19 bits per heavy atom. The lowest BCUT2D eigenvalue weighted by molar-refractivity contribution is 0.0684. The van der Waals surface area contributed by atoms with Gasteiger partial charge in [-0.25, -0.2) is 14.0 Å². The van der Waals surface area contributed by atoms with Crippen LogP contribution in [0.15, 0.2) is 52.1 Å². The summed E-state index contributed by atoms with van der Waals surface area (Å²) >= 11 is 6.07. The van der Waals surface area contributed by atoms with Gasteiger partial charge in [0.05, 0.1) is 12.2 Å². The highest BCUT2D eigenvalue weighted by molar-refractivity contribution is 6.31. The molecule has 0 aliphatic rings. The largest absolute Gasteiger partial charge is 0.476 e. The monoisotopic (exact) mass is 389 g/mol. The number of nitrogens with zero attached hydrogens (tertiary/aromatic N) is 3. The van der Waals surface area contributed by atoms with Crippen molar-refractivity contribution in [3.05, 3.63) is 91.0 Å². The highest BCUT2D eigenvalue weighted by Gasteiger charge is 2.20. The second-order valence-electron chi connectivity index (χ2n) is 5.80. The summed E-state index contributed by atoms with van der Waals surface area (Å²) < 4.78 is 14.6. The van der Waals surface area contributed by atoms with E-state index in [4.69, 9.17) is 11.6 Å². The fourth-order valence-corrected chi connectivity index (χ4v) is 2.62. The Kier molecular flexibility index (Phi) is 4.91. The predicted molar refractivity (Wildman–Crippen MR) is 96.3 cm³/mol. The van der Waals surface area contributed by atoms with E-state index in [-0.39, 0.29) is 12.2 Å². The second kappa shape index (κ2) is 7.16. The maximum atomic E-state index is 13.1. The maximum absolute atomic E-state index is 13.1. The van der Waals surface area contributed by atoms with E-state index in [9.17, 15) is 23.9 Å². The van der Waals surface area contributed by atoms with Crippen molar-refractivity contribution in [3.63, 3.8) is 0 Å². The van der Waals surface area contributed by atoms with E-state index in [0.717, 1.165) is 14.8 Å². The number of aromatic nitrogens is 3. The van der Waals surface area contributed by atoms with E-state index in [0.29, 0.717) is 10.6 Å². The Labute approximate surface area is 156 Å². The smallest absolute Gasteiger partial charge is 0.362 e. The van der Waals surface area contributed by atoms with Crippen molar-refractivity contribution in [1.82, 2.24) is 14.3 Å². The van der Waals surface area contributed by atoms with E-state index >= 15 is 0 Å². The first-order chi connectivity index (χ1) is 12.8. The lowest BCUT2D eigenvalue weighted by Crippen LogP contribution is -2.44. The van der Waals surface area contributed by atoms with Crippen LogP contribution in [0.3, 0.4) is 0 Å². The van der Waals surface area contributed by atoms with E-state index in [1.54, 1.807) is 13.0 Å². The first-order valence-corrected chi connectivity index (χ1v) is 8.14. The Hall–Kier alpha value is -3.26. The van der Waals surface area contributed by atoms with Crippen LogP contribution in [0, 0.1) is 12.7 Å². The van der Waals surface area contributed by atoms with Crippen molar-refractivity contribution in [2.45, 2.75) is 13.5 Å². The minimum absolute atomic E-state index is 0.214. The summed E-state index contributed by atoms with van der Waals surface area (Å²) in [6, 6.07) is 9.78. The topological polar surface area (TPSA) is 94.2 Å². The SMILES string of the molecule is Cc1ccc(-n2nc(C(=O)O)c(=O)n(Cc3ccc(F)cc3)c2=O)cc1Cl. The summed E-state index contributed by atoms with van der Waals surface area (Å²) in [7, 11) is 0. The summed E-state index contributed by atoms with van der Waals surface area (Å²) in [4.78, 5) is 36.6. The maximum Gasteiger partial charge on any atom is 0.362 e. The molecule has 138 valence electrons. The third-order valence-corrected chi connectivity index (χ3v) is 4.32. The van der Waals surface area contributed by atoms with Crippen LogP contribution in [-0.4, -0.2) is 25.4 Å². The van der Waals surface area contributed by atoms with Crippen LogP contribution < -0.4 is 11.2 Å². The molecule has 0 spiro atoms. The van der Waals surface area contributed by atoms with Crippen LogP contribution in [0.25, 0.3) is 5.69 Å². The lowest BCUT2D eigenvalue weighted by atomic mass is 10.2. The highest BCUT2D eigenvalue weighted by Crippen LogP contribution is 2.18. The fourth-order valence-electron chi connectivity index (χ4n) is 2.44. The molecule has 0 saturated carbocycles. The Morgan fingerprint density at radius 3 is 2.44 bits per heavy atom. The van der Waals surface area contributed by atoms with Gasteiger partial charge in [0.2, 0.25) is 5.69 Å². The molecule has 3 rings (SSSR count). The number of hydrogen-bond acceptors (Lipinski definition) is 4. The van der Waals surface area contributed by atoms with Gasteiger partial charge in [0.1, 0.15) is 5.82 Å². The first-order valence-electron chi connectivity index (χ1n) is 7.76. The number of carbonyl (C=O) groups is 1. The van der Waals surface area contributed by atoms with Crippen LogP contribution in [-0.2, 0) is 6.54 Å². The number of carboxylic acids is 1. The van der Waals surface area contributed by atoms with Crippen LogP contribution in [0.2, 0.25) is 5.02 Å². The molecule has 1 N–H and O–H groups in total. The number of carboxylic acid groups (broad SMARTS) is 1. The molecule has 9 heteroatoms. The van der Waals surface area contributed by atoms with Crippen LogP contribution in [0.4, 0.5) is 4.39 Å². The standard InChI is InChI=1S/C18H13ClFN3O4/c1-10-2-7-13(8-14(10)19)23-18(27)22(16(24)15(21-23)17(25)26)9-11-3-5-12(20)6-4-11/h2-8H,9H2,1H3,(H,25,26). The summed E-state index contributed by atoms with van der Waals surface area (Å²) in [5.74, 6) is -2.04. The van der Waals surface area contributed by atoms with Gasteiger partial charge >= 0.3 is 11.7 Å². The second-order valence-corrected chi connectivity index (χ2v) is 6.21. The Morgan fingerprint density at radius 2 is 1.85 bits per heavy atom. The zero-order valence-corrected chi connectivity index (χ0v) is 14.8. The summed E-state index contributed by atoms with van der Waals surface area (Å²) in [5, 5.41) is 13.3. The molecule has 0 saturated heterocycles. The summed E-state index contributed by atoms with van der Waals surface area (Å²) in [6.45, 7) is 1.53. The minimum Gasteiger partial charge on any atom is -0.476 e. The number of halogens is 2. The molecule has 1 aromatic heterocycles. The third kappa shape index (κ3) is 3.65. The molecule has 2 aromatic carbocycles. The normalized spacial score (nSPS) is 10.8. The van der Waals surface area contributed by atoms with Gasteiger partial charge in [-0.05, 0) is 42.3 Å². The van der Waals surface area contributed by atoms with Crippen LogP contribution in [0.1, 0.15) is 21.6 Å². The van der Waals surface area contributed by atoms with E-state index < -0.39 is 28.7 Å². The van der Waals surface area contributed by atoms with Gasteiger partial charge in [0.15, 0.2) is 0 Å². The van der Waals surface area contributed by atoms with Crippen molar-refractivity contribution in [3.8, 4) is 5.69 Å². The Balaban J connectivity index is 2.23. The molecule has 3 aromatic rings. The molecule has 0 radical (unpaired) electrons. The molecule has 0 fully saturated rings. The van der Waals surface area contributed by atoms with Gasteiger partial charge in [-0.3, -0.25) is 9.36 Å². The molecule has 0 aliphatic carbocycles. The summed E-state index contributed by atoms with van der Waals surface area (Å²) in [5.41, 5.74) is -1.28. The molecule has 0 bridgehead atoms. The van der Waals surface area contributed by atoms with Crippen molar-refractivity contribution in [2.24, 2.45) is 0 Å². The van der Waals surface area contributed by atoms with Gasteiger partial charge in [-0.15, -0.1) is 0 Å². The number of aryl methyl sites for hydroxylation is 1. The average molecular weight is 390 g/mol. The van der Waals surface area contributed by atoms with E-state index in [1.165, 1.54) is 36.4 Å². The molecule has 0 unspecified atom stereocenters. The van der Waals surface area contributed by atoms with E-state index in [1.807, 2.05) is 0 Å². The third-order valence-electron chi connectivity index (χ3n) is 3.92. The van der Waals surface area contributed by atoms with Gasteiger partial charge in [-0.1, -0.05) is 29.8 Å². The molecule has 0 amide bonds. The molecular formula is C18H13ClFN3O4. The number of aromatic carboxylic acids is 1. The Bertz CT molecular complexity index is 1150. The molecule has 27 heavy (non-hydrogen) atoms. The van der Waals surface area contributed by atoms with Crippen molar-refractivity contribution in [2.75, 3.05) is 0 Å². The number of rotatable bonds is 4. The van der Waals surface area contributed by atoms with Crippen LogP contribution in [0.5, 0.6) is 0 Å². The lowest BCUT2D eigenvalue weighted by Gasteiger charge is -2.11. The van der Waals surface area contributed by atoms with Gasteiger partial charge in [0.25, 0.3) is 5.56 Å². The molecule has 1 heterocycles. The molecule has 0 atom stereocenters. The van der Waals surface area contributed by atoms with Crippen molar-refractivity contribution in [1.29, 1.82) is 0 Å². The average Bonchev–Trinajstić information content (AvgIpc) is 2.62.